The van der Waals surface area contributed by atoms with Gasteiger partial charge in [-0.15, -0.1) is 11.3 Å². The second-order valence-corrected chi connectivity index (χ2v) is 7.89. The molecule has 0 saturated carbocycles. The zero-order valence-corrected chi connectivity index (χ0v) is 18.4. The number of hydrogen-bond donors (Lipinski definition) is 1. The fraction of sp³-hybridized carbons (Fsp3) is 0.0833. The van der Waals surface area contributed by atoms with Crippen molar-refractivity contribution < 1.29 is 9.47 Å². The Bertz CT molecular complexity index is 1180. The van der Waals surface area contributed by atoms with E-state index in [2.05, 4.69) is 15.5 Å². The number of nitrogens with zero attached hydrogens (tertiary/aromatic N) is 2. The predicted molar refractivity (Wildman–Crippen MR) is 128 cm³/mol. The molecule has 3 aromatic carbocycles. The Hall–Kier alpha value is -3.35. The summed E-state index contributed by atoms with van der Waals surface area (Å²) in [6, 6.07) is 23.2. The first-order valence-corrected chi connectivity index (χ1v) is 10.8. The van der Waals surface area contributed by atoms with E-state index < -0.39 is 0 Å². The van der Waals surface area contributed by atoms with Crippen LogP contribution in [0.1, 0.15) is 11.1 Å². The van der Waals surface area contributed by atoms with E-state index in [1.54, 1.807) is 13.3 Å². The number of para-hydroxylation sites is 1. The van der Waals surface area contributed by atoms with Crippen LogP contribution in [0.4, 0.5) is 5.13 Å². The summed E-state index contributed by atoms with van der Waals surface area (Å²) in [7, 11) is 1.65. The summed E-state index contributed by atoms with van der Waals surface area (Å²) in [5.74, 6) is 1.56. The van der Waals surface area contributed by atoms with Gasteiger partial charge in [0.15, 0.2) is 0 Å². The largest absolute Gasteiger partial charge is 0.496 e. The van der Waals surface area contributed by atoms with E-state index in [1.807, 2.05) is 78.2 Å². The Morgan fingerprint density at radius 2 is 1.90 bits per heavy atom. The molecule has 7 heteroatoms. The molecule has 156 valence electrons. The van der Waals surface area contributed by atoms with E-state index in [1.165, 1.54) is 11.3 Å². The first kappa shape index (κ1) is 20.9. The molecular formula is C24H20ClN3O2S. The van der Waals surface area contributed by atoms with Gasteiger partial charge in [0.25, 0.3) is 0 Å². The molecule has 31 heavy (non-hydrogen) atoms. The molecule has 0 bridgehead atoms. The fourth-order valence-electron chi connectivity index (χ4n) is 2.90. The number of rotatable bonds is 8. The number of aromatic nitrogens is 1. The summed E-state index contributed by atoms with van der Waals surface area (Å²) in [6.45, 7) is 0.473. The number of halogens is 1. The van der Waals surface area contributed by atoms with Crippen LogP contribution in [0.5, 0.6) is 11.5 Å². The van der Waals surface area contributed by atoms with E-state index >= 15 is 0 Å². The number of benzene rings is 3. The number of hydrogen-bond acceptors (Lipinski definition) is 6. The van der Waals surface area contributed by atoms with Gasteiger partial charge in [-0.25, -0.2) is 4.98 Å². The number of thiazole rings is 1. The first-order chi connectivity index (χ1) is 15.2. The van der Waals surface area contributed by atoms with E-state index in [4.69, 9.17) is 21.1 Å². The van der Waals surface area contributed by atoms with Crippen molar-refractivity contribution in [3.63, 3.8) is 0 Å². The Morgan fingerprint density at radius 1 is 1.06 bits per heavy atom. The Labute approximate surface area is 190 Å². The van der Waals surface area contributed by atoms with Crippen molar-refractivity contribution in [2.45, 2.75) is 6.61 Å². The van der Waals surface area contributed by atoms with Gasteiger partial charge in [0.1, 0.15) is 18.1 Å². The molecule has 0 aliphatic rings. The van der Waals surface area contributed by atoms with Crippen molar-refractivity contribution >= 4 is 34.3 Å². The summed E-state index contributed by atoms with van der Waals surface area (Å²) in [5.41, 5.74) is 6.75. The monoisotopic (exact) mass is 449 g/mol. The van der Waals surface area contributed by atoms with Crippen molar-refractivity contribution in [3.05, 3.63) is 94.3 Å². The van der Waals surface area contributed by atoms with Gasteiger partial charge in [-0.05, 0) is 47.5 Å². The quantitative estimate of drug-likeness (QED) is 0.246. The average molecular weight is 450 g/mol. The van der Waals surface area contributed by atoms with Crippen LogP contribution in [-0.2, 0) is 6.61 Å². The zero-order valence-electron chi connectivity index (χ0n) is 16.8. The van der Waals surface area contributed by atoms with Gasteiger partial charge in [-0.2, -0.15) is 5.10 Å². The van der Waals surface area contributed by atoms with Crippen LogP contribution in [0, 0.1) is 0 Å². The van der Waals surface area contributed by atoms with Crippen molar-refractivity contribution in [1.29, 1.82) is 0 Å². The lowest BCUT2D eigenvalue weighted by Crippen LogP contribution is -1.96. The molecule has 4 aromatic rings. The standard InChI is InChI=1S/C24H20ClN3O2S/c1-29-23-8-3-2-7-21(23)22-16-31-24(27-22)28-26-14-18-5-4-6-20(13-18)30-15-17-9-11-19(25)12-10-17/h2-14,16H,15H2,1H3,(H,27,28)/b26-14-. The molecule has 0 aliphatic heterocycles. The van der Waals surface area contributed by atoms with Gasteiger partial charge in [-0.1, -0.05) is 48.0 Å². The van der Waals surface area contributed by atoms with Gasteiger partial charge in [-0.3, -0.25) is 5.43 Å². The van der Waals surface area contributed by atoms with Crippen LogP contribution in [0.3, 0.4) is 0 Å². The minimum absolute atomic E-state index is 0.473. The average Bonchev–Trinajstić information content (AvgIpc) is 3.28. The minimum atomic E-state index is 0.473. The lowest BCUT2D eigenvalue weighted by molar-refractivity contribution is 0.306. The minimum Gasteiger partial charge on any atom is -0.496 e. The maximum atomic E-state index is 5.92. The van der Waals surface area contributed by atoms with Crippen molar-refractivity contribution in [3.8, 4) is 22.8 Å². The van der Waals surface area contributed by atoms with E-state index in [9.17, 15) is 0 Å². The lowest BCUT2D eigenvalue weighted by Gasteiger charge is -2.07. The molecule has 0 radical (unpaired) electrons. The molecular weight excluding hydrogens is 430 g/mol. The molecule has 0 atom stereocenters. The molecule has 5 nitrogen and oxygen atoms in total. The molecule has 4 rings (SSSR count). The summed E-state index contributed by atoms with van der Waals surface area (Å²) in [4.78, 5) is 4.59. The summed E-state index contributed by atoms with van der Waals surface area (Å²) >= 11 is 7.40. The molecule has 0 spiro atoms. The van der Waals surface area contributed by atoms with E-state index in [0.717, 1.165) is 33.9 Å². The maximum absolute atomic E-state index is 5.92. The maximum Gasteiger partial charge on any atom is 0.203 e. The van der Waals surface area contributed by atoms with Gasteiger partial charge < -0.3 is 9.47 Å². The van der Waals surface area contributed by atoms with Crippen LogP contribution in [-0.4, -0.2) is 18.3 Å². The number of ether oxygens (including phenoxy) is 2. The highest BCUT2D eigenvalue weighted by atomic mass is 35.5. The third-order valence-electron chi connectivity index (χ3n) is 4.44. The van der Waals surface area contributed by atoms with E-state index in [0.29, 0.717) is 16.8 Å². The Kier molecular flexibility index (Phi) is 6.82. The van der Waals surface area contributed by atoms with Gasteiger partial charge in [0.2, 0.25) is 5.13 Å². The molecule has 0 amide bonds. The third-order valence-corrected chi connectivity index (χ3v) is 5.44. The first-order valence-electron chi connectivity index (χ1n) is 9.56. The summed E-state index contributed by atoms with van der Waals surface area (Å²) < 4.78 is 11.3. The highest BCUT2D eigenvalue weighted by Gasteiger charge is 2.08. The zero-order chi connectivity index (χ0) is 21.5. The normalized spacial score (nSPS) is 10.9. The Morgan fingerprint density at radius 3 is 2.74 bits per heavy atom. The van der Waals surface area contributed by atoms with Gasteiger partial charge >= 0.3 is 0 Å². The second-order valence-electron chi connectivity index (χ2n) is 6.60. The summed E-state index contributed by atoms with van der Waals surface area (Å²) in [6.07, 6.45) is 1.74. The molecule has 1 heterocycles. The van der Waals surface area contributed by atoms with Crippen LogP contribution in [0.15, 0.2) is 83.3 Å². The van der Waals surface area contributed by atoms with Gasteiger partial charge in [0, 0.05) is 16.0 Å². The van der Waals surface area contributed by atoms with E-state index in [-0.39, 0.29) is 0 Å². The predicted octanol–water partition coefficient (Wildman–Crippen LogP) is 6.50. The molecule has 1 aromatic heterocycles. The van der Waals surface area contributed by atoms with Crippen molar-refractivity contribution in [1.82, 2.24) is 4.98 Å². The summed E-state index contributed by atoms with van der Waals surface area (Å²) in [5, 5.41) is 7.69. The van der Waals surface area contributed by atoms with Crippen LogP contribution < -0.4 is 14.9 Å². The highest BCUT2D eigenvalue weighted by molar-refractivity contribution is 7.14. The molecule has 0 unspecified atom stereocenters. The van der Waals surface area contributed by atoms with Crippen molar-refractivity contribution in [2.75, 3.05) is 12.5 Å². The van der Waals surface area contributed by atoms with Crippen LogP contribution >= 0.6 is 22.9 Å². The lowest BCUT2D eigenvalue weighted by atomic mass is 10.1. The van der Waals surface area contributed by atoms with Crippen LogP contribution in [0.2, 0.25) is 5.02 Å². The second kappa shape index (κ2) is 10.1. The van der Waals surface area contributed by atoms with Crippen LogP contribution in [0.25, 0.3) is 11.3 Å². The molecule has 0 aliphatic carbocycles. The SMILES string of the molecule is COc1ccccc1-c1csc(N/N=C\c2cccc(OCc3ccc(Cl)cc3)c2)n1. The number of methoxy groups -OCH3 is 1. The highest BCUT2D eigenvalue weighted by Crippen LogP contribution is 2.31. The van der Waals surface area contributed by atoms with Gasteiger partial charge in [0.05, 0.1) is 19.0 Å². The van der Waals surface area contributed by atoms with Crippen molar-refractivity contribution in [2.24, 2.45) is 5.10 Å². The molecule has 1 N–H and O–H groups in total. The molecule has 0 fully saturated rings. The topological polar surface area (TPSA) is 55.7 Å². The molecule has 0 saturated heterocycles. The number of anilines is 1. The Balaban J connectivity index is 1.36. The number of nitrogens with one attached hydrogen (secondary N) is 1. The fourth-order valence-corrected chi connectivity index (χ4v) is 3.68. The number of hydrazone groups is 1. The third kappa shape index (κ3) is 5.63. The smallest absolute Gasteiger partial charge is 0.203 e.